The molecule has 0 unspecified atom stereocenters. The maximum absolute atomic E-state index is 9.27. The smallest absolute Gasteiger partial charge is 0.133 e. The van der Waals surface area contributed by atoms with Crippen LogP contribution in [0.2, 0.25) is 0 Å². The van der Waals surface area contributed by atoms with E-state index in [1.165, 1.54) is 0 Å². The van der Waals surface area contributed by atoms with E-state index in [0.29, 0.717) is 0 Å². The number of benzene rings is 1. The maximum Gasteiger partial charge on any atom is 0.133 e. The number of thioether (sulfide) groups is 1. The second-order valence-electron chi connectivity index (χ2n) is 3.21. The monoisotopic (exact) mass is 221 g/mol. The van der Waals surface area contributed by atoms with E-state index in [1.54, 1.807) is 23.9 Å². The lowest BCUT2D eigenvalue weighted by Gasteiger charge is -1.98. The Morgan fingerprint density at radius 1 is 1.40 bits per heavy atom. The molecule has 2 rings (SSSR count). The van der Waals surface area contributed by atoms with Gasteiger partial charge in [-0.05, 0) is 25.1 Å². The van der Waals surface area contributed by atoms with E-state index in [2.05, 4.69) is 5.16 Å². The van der Waals surface area contributed by atoms with Gasteiger partial charge in [-0.1, -0.05) is 11.2 Å². The zero-order chi connectivity index (χ0) is 10.7. The van der Waals surface area contributed by atoms with Crippen LogP contribution in [0.25, 0.3) is 0 Å². The zero-order valence-electron chi connectivity index (χ0n) is 8.30. The van der Waals surface area contributed by atoms with Crippen molar-refractivity contribution in [2.45, 2.75) is 17.6 Å². The molecule has 78 valence electrons. The van der Waals surface area contributed by atoms with Crippen LogP contribution in [0.3, 0.4) is 0 Å². The third-order valence-corrected chi connectivity index (χ3v) is 2.91. The lowest BCUT2D eigenvalue weighted by Crippen LogP contribution is -1.79. The molecule has 0 aliphatic rings. The molecule has 2 aromatic rings. The van der Waals surface area contributed by atoms with Gasteiger partial charge in [0.05, 0.1) is 5.69 Å². The minimum atomic E-state index is 0.288. The number of phenols is 1. The number of aryl methyl sites for hydroxylation is 1. The number of phenolic OH excluding ortho intramolecular Hbond substituents is 1. The minimum absolute atomic E-state index is 0.288. The first-order chi connectivity index (χ1) is 7.24. The van der Waals surface area contributed by atoms with Crippen molar-refractivity contribution in [2.24, 2.45) is 0 Å². The van der Waals surface area contributed by atoms with Gasteiger partial charge in [0.25, 0.3) is 0 Å². The summed E-state index contributed by atoms with van der Waals surface area (Å²) in [6.07, 6.45) is 0. The molecule has 0 saturated heterocycles. The van der Waals surface area contributed by atoms with Gasteiger partial charge in [0.1, 0.15) is 11.5 Å². The first-order valence-electron chi connectivity index (χ1n) is 4.58. The van der Waals surface area contributed by atoms with Crippen LogP contribution in [0.4, 0.5) is 0 Å². The summed E-state index contributed by atoms with van der Waals surface area (Å²) in [4.78, 5) is 1.02. The largest absolute Gasteiger partial charge is 0.508 e. The number of rotatable bonds is 3. The highest BCUT2D eigenvalue weighted by Crippen LogP contribution is 2.25. The summed E-state index contributed by atoms with van der Waals surface area (Å²) in [6, 6.07) is 9.08. The van der Waals surface area contributed by atoms with E-state index in [-0.39, 0.29) is 5.75 Å². The fourth-order valence-corrected chi connectivity index (χ4v) is 2.05. The van der Waals surface area contributed by atoms with Crippen molar-refractivity contribution in [3.63, 3.8) is 0 Å². The van der Waals surface area contributed by atoms with Gasteiger partial charge < -0.3 is 9.63 Å². The van der Waals surface area contributed by atoms with Crippen molar-refractivity contribution in [3.8, 4) is 5.75 Å². The molecule has 15 heavy (non-hydrogen) atoms. The molecule has 1 N–H and O–H groups in total. The van der Waals surface area contributed by atoms with E-state index >= 15 is 0 Å². The Bertz CT molecular complexity index is 453. The molecule has 4 heteroatoms. The molecule has 1 aromatic heterocycles. The Morgan fingerprint density at radius 2 is 2.27 bits per heavy atom. The van der Waals surface area contributed by atoms with E-state index in [1.807, 2.05) is 25.1 Å². The Balaban J connectivity index is 1.99. The summed E-state index contributed by atoms with van der Waals surface area (Å²) in [7, 11) is 0. The van der Waals surface area contributed by atoms with Crippen LogP contribution in [0.5, 0.6) is 5.75 Å². The van der Waals surface area contributed by atoms with Crippen LogP contribution >= 0.6 is 11.8 Å². The molecule has 0 saturated carbocycles. The first kappa shape index (κ1) is 10.1. The third kappa shape index (κ3) is 2.76. The highest BCUT2D eigenvalue weighted by molar-refractivity contribution is 7.98. The fraction of sp³-hybridized carbons (Fsp3) is 0.182. The molecule has 0 bridgehead atoms. The molecule has 0 aliphatic heterocycles. The number of hydrogen-bond donors (Lipinski definition) is 1. The first-order valence-corrected chi connectivity index (χ1v) is 5.56. The molecule has 0 aliphatic carbocycles. The predicted molar refractivity (Wildman–Crippen MR) is 58.9 cm³/mol. The van der Waals surface area contributed by atoms with Crippen molar-refractivity contribution >= 4 is 11.8 Å². The van der Waals surface area contributed by atoms with Crippen LogP contribution in [0.1, 0.15) is 11.5 Å². The SMILES string of the molecule is Cc1cc(CSc2cccc(O)c2)no1. The second-order valence-corrected chi connectivity index (χ2v) is 4.26. The molecule has 1 aromatic carbocycles. The van der Waals surface area contributed by atoms with Gasteiger partial charge in [-0.15, -0.1) is 11.8 Å². The average molecular weight is 221 g/mol. The second kappa shape index (κ2) is 4.40. The molecule has 3 nitrogen and oxygen atoms in total. The maximum atomic E-state index is 9.27. The fourth-order valence-electron chi connectivity index (χ4n) is 1.22. The number of hydrogen-bond acceptors (Lipinski definition) is 4. The third-order valence-electron chi connectivity index (χ3n) is 1.88. The molecular weight excluding hydrogens is 210 g/mol. The van der Waals surface area contributed by atoms with Crippen molar-refractivity contribution in [1.82, 2.24) is 5.16 Å². The summed E-state index contributed by atoms with van der Waals surface area (Å²) in [6.45, 7) is 1.87. The summed E-state index contributed by atoms with van der Waals surface area (Å²) in [5, 5.41) is 13.2. The average Bonchev–Trinajstić information content (AvgIpc) is 2.62. The van der Waals surface area contributed by atoms with Crippen LogP contribution < -0.4 is 0 Å². The normalized spacial score (nSPS) is 10.5. The van der Waals surface area contributed by atoms with Gasteiger partial charge in [0.15, 0.2) is 0 Å². The molecule has 0 radical (unpaired) electrons. The Labute approximate surface area is 92.1 Å². The zero-order valence-corrected chi connectivity index (χ0v) is 9.12. The number of aromatic hydroxyl groups is 1. The molecule has 0 atom stereocenters. The summed E-state index contributed by atoms with van der Waals surface area (Å²) < 4.78 is 4.96. The van der Waals surface area contributed by atoms with Gasteiger partial charge in [0, 0.05) is 16.7 Å². The van der Waals surface area contributed by atoms with Crippen LogP contribution in [-0.2, 0) is 5.75 Å². The summed E-state index contributed by atoms with van der Waals surface area (Å²) in [5.41, 5.74) is 0.917. The Hall–Kier alpha value is -1.42. The highest BCUT2D eigenvalue weighted by atomic mass is 32.2. The van der Waals surface area contributed by atoms with Crippen molar-refractivity contribution in [2.75, 3.05) is 0 Å². The highest BCUT2D eigenvalue weighted by Gasteiger charge is 2.01. The molecule has 1 heterocycles. The summed E-state index contributed by atoms with van der Waals surface area (Å²) in [5.74, 6) is 1.86. The molecule has 0 amide bonds. The Morgan fingerprint density at radius 3 is 2.93 bits per heavy atom. The number of nitrogens with zero attached hydrogens (tertiary/aromatic N) is 1. The van der Waals surface area contributed by atoms with Crippen molar-refractivity contribution in [3.05, 3.63) is 41.8 Å². The minimum Gasteiger partial charge on any atom is -0.508 e. The summed E-state index contributed by atoms with van der Waals surface area (Å²) >= 11 is 1.62. The van der Waals surface area contributed by atoms with Crippen molar-refractivity contribution < 1.29 is 9.63 Å². The van der Waals surface area contributed by atoms with Gasteiger partial charge in [0.2, 0.25) is 0 Å². The van der Waals surface area contributed by atoms with Gasteiger partial charge >= 0.3 is 0 Å². The quantitative estimate of drug-likeness (QED) is 0.809. The van der Waals surface area contributed by atoms with E-state index in [4.69, 9.17) is 4.52 Å². The van der Waals surface area contributed by atoms with Gasteiger partial charge in [-0.25, -0.2) is 0 Å². The predicted octanol–water partition coefficient (Wildman–Crippen LogP) is 2.98. The standard InChI is InChI=1S/C11H11NO2S/c1-8-5-9(12-14-8)7-15-11-4-2-3-10(13)6-11/h2-6,13H,7H2,1H3. The van der Waals surface area contributed by atoms with Crippen LogP contribution in [-0.4, -0.2) is 10.3 Å². The molecule has 0 spiro atoms. The van der Waals surface area contributed by atoms with Crippen LogP contribution in [0.15, 0.2) is 39.8 Å². The Kier molecular flexibility index (Phi) is 2.97. The van der Waals surface area contributed by atoms with Gasteiger partial charge in [-0.3, -0.25) is 0 Å². The lowest BCUT2D eigenvalue weighted by molar-refractivity contribution is 0.393. The van der Waals surface area contributed by atoms with Crippen molar-refractivity contribution in [1.29, 1.82) is 0 Å². The van der Waals surface area contributed by atoms with E-state index in [0.717, 1.165) is 22.1 Å². The number of aromatic nitrogens is 1. The van der Waals surface area contributed by atoms with E-state index < -0.39 is 0 Å². The topological polar surface area (TPSA) is 46.3 Å². The lowest BCUT2D eigenvalue weighted by atomic mass is 10.3. The molecular formula is C11H11NO2S. The van der Waals surface area contributed by atoms with Crippen LogP contribution in [0, 0.1) is 6.92 Å². The molecule has 0 fully saturated rings. The van der Waals surface area contributed by atoms with E-state index in [9.17, 15) is 5.11 Å². The van der Waals surface area contributed by atoms with Gasteiger partial charge in [-0.2, -0.15) is 0 Å².